The molecule has 0 amide bonds. The summed E-state index contributed by atoms with van der Waals surface area (Å²) in [6.45, 7) is -0.150. The third-order valence-corrected chi connectivity index (χ3v) is 3.42. The van der Waals surface area contributed by atoms with Gasteiger partial charge in [0.25, 0.3) is 0 Å². The molecule has 0 aliphatic carbocycles. The summed E-state index contributed by atoms with van der Waals surface area (Å²) in [6.07, 6.45) is 8.34. The van der Waals surface area contributed by atoms with Crippen LogP contribution in [-0.2, 0) is 21.4 Å². The third kappa shape index (κ3) is 4.20. The average Bonchev–Trinajstić information content (AvgIpc) is 2.73. The van der Waals surface area contributed by atoms with Crippen LogP contribution in [0.5, 0.6) is 0 Å². The molecule has 0 fully saturated rings. The van der Waals surface area contributed by atoms with Gasteiger partial charge in [-0.25, -0.2) is 13.1 Å². The minimum atomic E-state index is -3.65. The molecular weight excluding hydrogens is 258 g/mol. The Morgan fingerprint density at radius 1 is 1.61 bits per heavy atom. The molecule has 0 saturated carbocycles. The number of carboxylic acid groups (broad SMARTS) is 1. The van der Waals surface area contributed by atoms with E-state index in [-0.39, 0.29) is 18.0 Å². The van der Waals surface area contributed by atoms with Crippen molar-refractivity contribution in [1.82, 2.24) is 14.5 Å². The van der Waals surface area contributed by atoms with E-state index in [0.717, 1.165) is 17.1 Å². The Balaban J connectivity index is 2.65. The lowest BCUT2D eigenvalue weighted by Gasteiger charge is -2.02. The number of aliphatic carboxylic acids is 1. The minimum absolute atomic E-state index is 0.0653. The lowest BCUT2D eigenvalue weighted by atomic mass is 10.3. The van der Waals surface area contributed by atoms with Gasteiger partial charge in [0.15, 0.2) is 0 Å². The largest absolute Gasteiger partial charge is 0.480 e. The number of rotatable bonds is 7. The van der Waals surface area contributed by atoms with Gasteiger partial charge in [0.2, 0.25) is 10.0 Å². The predicted octanol–water partition coefficient (Wildman–Crippen LogP) is -0.341. The Morgan fingerprint density at radius 2 is 2.33 bits per heavy atom. The summed E-state index contributed by atoms with van der Waals surface area (Å²) >= 11 is 0. The highest BCUT2D eigenvalue weighted by molar-refractivity contribution is 7.89. The molecule has 0 atom stereocenters. The van der Waals surface area contributed by atoms with Crippen LogP contribution in [0.1, 0.15) is 12.8 Å². The number of hydrogen-bond donors (Lipinski definition) is 2. The van der Waals surface area contributed by atoms with Crippen molar-refractivity contribution in [2.24, 2.45) is 0 Å². The SMILES string of the molecule is C#CCCCNS(=O)(=O)c1cnn(CC(=O)O)c1. The average molecular weight is 271 g/mol. The van der Waals surface area contributed by atoms with Crippen molar-refractivity contribution in [2.45, 2.75) is 24.3 Å². The maximum absolute atomic E-state index is 11.7. The zero-order valence-corrected chi connectivity index (χ0v) is 10.4. The molecule has 0 bridgehead atoms. The molecule has 1 heterocycles. The van der Waals surface area contributed by atoms with E-state index < -0.39 is 16.0 Å². The van der Waals surface area contributed by atoms with Gasteiger partial charge >= 0.3 is 5.97 Å². The molecule has 18 heavy (non-hydrogen) atoms. The number of nitrogens with zero attached hydrogens (tertiary/aromatic N) is 2. The summed E-state index contributed by atoms with van der Waals surface area (Å²) < 4.78 is 26.9. The molecule has 0 aromatic carbocycles. The van der Waals surface area contributed by atoms with Crippen molar-refractivity contribution in [1.29, 1.82) is 0 Å². The maximum Gasteiger partial charge on any atom is 0.325 e. The first kappa shape index (κ1) is 14.2. The first-order valence-electron chi connectivity index (χ1n) is 5.13. The van der Waals surface area contributed by atoms with Crippen LogP contribution in [0.3, 0.4) is 0 Å². The number of carbonyl (C=O) groups is 1. The molecule has 2 N–H and O–H groups in total. The van der Waals surface area contributed by atoms with E-state index in [1.54, 1.807) is 0 Å². The summed E-state index contributed by atoms with van der Waals surface area (Å²) in [5.41, 5.74) is 0. The van der Waals surface area contributed by atoms with Crippen LogP contribution in [-0.4, -0.2) is 35.8 Å². The van der Waals surface area contributed by atoms with Crippen molar-refractivity contribution in [3.63, 3.8) is 0 Å². The Labute approximate surface area is 105 Å². The fourth-order valence-electron chi connectivity index (χ4n) is 1.19. The molecule has 1 rings (SSSR count). The Hall–Kier alpha value is -1.85. The number of unbranched alkanes of at least 4 members (excludes halogenated alkanes) is 1. The van der Waals surface area contributed by atoms with Gasteiger partial charge in [-0.3, -0.25) is 9.48 Å². The zero-order chi connectivity index (χ0) is 13.6. The smallest absolute Gasteiger partial charge is 0.325 e. The topological polar surface area (TPSA) is 101 Å². The van der Waals surface area contributed by atoms with E-state index in [9.17, 15) is 13.2 Å². The van der Waals surface area contributed by atoms with Crippen LogP contribution >= 0.6 is 0 Å². The highest BCUT2D eigenvalue weighted by atomic mass is 32.2. The second-order valence-corrected chi connectivity index (χ2v) is 5.24. The standard InChI is InChI=1S/C10H13N3O4S/c1-2-3-4-5-12-18(16,17)9-6-11-13(7-9)8-10(14)15/h1,6-7,12H,3-5,8H2,(H,14,15). The zero-order valence-electron chi connectivity index (χ0n) is 9.54. The van der Waals surface area contributed by atoms with Crippen molar-refractivity contribution < 1.29 is 18.3 Å². The molecule has 7 nitrogen and oxygen atoms in total. The second-order valence-electron chi connectivity index (χ2n) is 3.47. The Morgan fingerprint density at radius 3 is 2.94 bits per heavy atom. The van der Waals surface area contributed by atoms with E-state index in [2.05, 4.69) is 15.7 Å². The molecule has 0 saturated heterocycles. The van der Waals surface area contributed by atoms with Gasteiger partial charge in [0, 0.05) is 19.2 Å². The Kier molecular flexibility index (Phi) is 4.88. The molecule has 8 heteroatoms. The maximum atomic E-state index is 11.7. The molecule has 0 spiro atoms. The molecule has 0 aliphatic heterocycles. The summed E-state index contributed by atoms with van der Waals surface area (Å²) in [7, 11) is -3.65. The lowest BCUT2D eigenvalue weighted by Crippen LogP contribution is -2.24. The fourth-order valence-corrected chi connectivity index (χ4v) is 2.21. The predicted molar refractivity (Wildman–Crippen MR) is 63.1 cm³/mol. The van der Waals surface area contributed by atoms with Crippen molar-refractivity contribution >= 4 is 16.0 Å². The minimum Gasteiger partial charge on any atom is -0.480 e. The van der Waals surface area contributed by atoms with Crippen LogP contribution < -0.4 is 4.72 Å². The van der Waals surface area contributed by atoms with Gasteiger partial charge in [-0.1, -0.05) is 0 Å². The second kappa shape index (κ2) is 6.18. The molecule has 0 aliphatic rings. The molecule has 1 aromatic rings. The van der Waals surface area contributed by atoms with Crippen molar-refractivity contribution in [3.05, 3.63) is 12.4 Å². The summed E-state index contributed by atoms with van der Waals surface area (Å²) in [6, 6.07) is 0. The van der Waals surface area contributed by atoms with Crippen LogP contribution in [0, 0.1) is 12.3 Å². The molecule has 98 valence electrons. The van der Waals surface area contributed by atoms with Crippen LogP contribution in [0.15, 0.2) is 17.3 Å². The van der Waals surface area contributed by atoms with Gasteiger partial charge in [-0.05, 0) is 6.42 Å². The number of nitrogens with one attached hydrogen (secondary N) is 1. The van der Waals surface area contributed by atoms with Gasteiger partial charge in [0.1, 0.15) is 11.4 Å². The molecule has 1 aromatic heterocycles. The van der Waals surface area contributed by atoms with E-state index in [1.165, 1.54) is 0 Å². The number of carboxylic acids is 1. The van der Waals surface area contributed by atoms with Gasteiger partial charge < -0.3 is 5.11 Å². The van der Waals surface area contributed by atoms with Gasteiger partial charge in [-0.15, -0.1) is 12.3 Å². The highest BCUT2D eigenvalue weighted by Gasteiger charge is 2.16. The molecule has 0 unspecified atom stereocenters. The van der Waals surface area contributed by atoms with E-state index in [1.807, 2.05) is 0 Å². The normalized spacial score (nSPS) is 11.1. The highest BCUT2D eigenvalue weighted by Crippen LogP contribution is 2.06. The number of aromatic nitrogens is 2. The number of hydrogen-bond acceptors (Lipinski definition) is 4. The first-order chi connectivity index (χ1) is 8.45. The monoisotopic (exact) mass is 271 g/mol. The third-order valence-electron chi connectivity index (χ3n) is 2.01. The van der Waals surface area contributed by atoms with E-state index >= 15 is 0 Å². The van der Waals surface area contributed by atoms with Crippen molar-refractivity contribution in [2.75, 3.05) is 6.54 Å². The van der Waals surface area contributed by atoms with Gasteiger partial charge in [-0.2, -0.15) is 5.10 Å². The number of terminal acetylenes is 1. The van der Waals surface area contributed by atoms with Crippen LogP contribution in [0.4, 0.5) is 0 Å². The van der Waals surface area contributed by atoms with Crippen LogP contribution in [0.25, 0.3) is 0 Å². The number of sulfonamides is 1. The summed E-state index contributed by atoms with van der Waals surface area (Å²) in [4.78, 5) is 10.4. The van der Waals surface area contributed by atoms with Crippen molar-refractivity contribution in [3.8, 4) is 12.3 Å². The quantitative estimate of drug-likeness (QED) is 0.522. The first-order valence-corrected chi connectivity index (χ1v) is 6.61. The molecule has 0 radical (unpaired) electrons. The van der Waals surface area contributed by atoms with E-state index in [0.29, 0.717) is 12.8 Å². The fraction of sp³-hybridized carbons (Fsp3) is 0.400. The summed E-state index contributed by atoms with van der Waals surface area (Å²) in [5, 5.41) is 12.2. The summed E-state index contributed by atoms with van der Waals surface area (Å²) in [5.74, 6) is 1.31. The van der Waals surface area contributed by atoms with E-state index in [4.69, 9.17) is 11.5 Å². The Bertz CT molecular complexity index is 556. The van der Waals surface area contributed by atoms with Gasteiger partial charge in [0.05, 0.1) is 6.20 Å². The lowest BCUT2D eigenvalue weighted by molar-refractivity contribution is -0.137. The van der Waals surface area contributed by atoms with Crippen LogP contribution in [0.2, 0.25) is 0 Å². The molecular formula is C10H13N3O4S.